The Hall–Kier alpha value is -1.30. The molecule has 2 N–H and O–H groups in total. The lowest BCUT2D eigenvalue weighted by molar-refractivity contribution is -0.0118. The molecule has 2 unspecified atom stereocenters. The first-order valence-corrected chi connectivity index (χ1v) is 8.83. The number of para-hydroxylation sites is 2. The Morgan fingerprint density at radius 1 is 1.21 bits per heavy atom. The van der Waals surface area contributed by atoms with E-state index in [1.165, 1.54) is 6.42 Å². The molecule has 0 aliphatic carbocycles. The Kier molecular flexibility index (Phi) is 7.34. The lowest BCUT2D eigenvalue weighted by Gasteiger charge is -2.24. The molecule has 1 aromatic rings. The van der Waals surface area contributed by atoms with E-state index in [1.54, 1.807) is 0 Å². The van der Waals surface area contributed by atoms with Crippen LogP contribution in [-0.2, 0) is 4.74 Å². The van der Waals surface area contributed by atoms with Crippen molar-refractivity contribution in [1.82, 2.24) is 5.32 Å². The molecule has 24 heavy (non-hydrogen) atoms. The van der Waals surface area contributed by atoms with Gasteiger partial charge < -0.3 is 24.6 Å². The van der Waals surface area contributed by atoms with Crippen molar-refractivity contribution in [3.05, 3.63) is 24.3 Å². The van der Waals surface area contributed by atoms with Gasteiger partial charge in [0.2, 0.25) is 0 Å². The smallest absolute Gasteiger partial charge is 0.161 e. The fourth-order valence-corrected chi connectivity index (χ4v) is 2.48. The van der Waals surface area contributed by atoms with Crippen LogP contribution in [-0.4, -0.2) is 49.2 Å². The average Bonchev–Trinajstić information content (AvgIpc) is 2.57. The zero-order valence-electron chi connectivity index (χ0n) is 15.1. The molecule has 0 spiro atoms. The zero-order chi connectivity index (χ0) is 17.4. The summed E-state index contributed by atoms with van der Waals surface area (Å²) >= 11 is 0. The molecule has 136 valence electrons. The van der Waals surface area contributed by atoms with E-state index >= 15 is 0 Å². The molecule has 1 heterocycles. The summed E-state index contributed by atoms with van der Waals surface area (Å²) in [5, 5.41) is 13.3. The van der Waals surface area contributed by atoms with Gasteiger partial charge in [-0.3, -0.25) is 0 Å². The Labute approximate surface area is 145 Å². The molecule has 2 rings (SSSR count). The zero-order valence-corrected chi connectivity index (χ0v) is 15.1. The van der Waals surface area contributed by atoms with Crippen LogP contribution in [0.25, 0.3) is 0 Å². The molecular formula is C19H31NO4. The van der Waals surface area contributed by atoms with Gasteiger partial charge in [-0.15, -0.1) is 0 Å². The normalized spacial score (nSPS) is 19.8. The van der Waals surface area contributed by atoms with Crippen LogP contribution in [0, 0.1) is 0 Å². The highest BCUT2D eigenvalue weighted by molar-refractivity contribution is 5.39. The summed E-state index contributed by atoms with van der Waals surface area (Å²) in [5.74, 6) is 1.35. The van der Waals surface area contributed by atoms with Crippen LogP contribution in [0.3, 0.4) is 0 Å². The van der Waals surface area contributed by atoms with Gasteiger partial charge in [-0.05, 0) is 52.2 Å². The van der Waals surface area contributed by atoms with Crippen LogP contribution in [0.5, 0.6) is 11.5 Å². The topological polar surface area (TPSA) is 60.0 Å². The second-order valence-electron chi connectivity index (χ2n) is 7.34. The van der Waals surface area contributed by atoms with E-state index in [2.05, 4.69) is 26.1 Å². The van der Waals surface area contributed by atoms with E-state index in [9.17, 15) is 5.11 Å². The van der Waals surface area contributed by atoms with Gasteiger partial charge in [-0.2, -0.15) is 0 Å². The molecule has 1 aliphatic heterocycles. The number of rotatable bonds is 8. The molecule has 0 amide bonds. The fraction of sp³-hybridized carbons (Fsp3) is 0.684. The van der Waals surface area contributed by atoms with Gasteiger partial charge in [0.1, 0.15) is 19.3 Å². The minimum atomic E-state index is -0.570. The first kappa shape index (κ1) is 19.0. The SMILES string of the molecule is CC(C)(C)NCC(O)COc1ccccc1OCC1CCCCO1. The number of ether oxygens (including phenoxy) is 3. The number of aliphatic hydroxyl groups is 1. The lowest BCUT2D eigenvalue weighted by atomic mass is 10.1. The van der Waals surface area contributed by atoms with Crippen molar-refractivity contribution in [1.29, 1.82) is 0 Å². The van der Waals surface area contributed by atoms with Crippen molar-refractivity contribution in [2.75, 3.05) is 26.4 Å². The standard InChI is InChI=1S/C19H31NO4/c1-19(2,3)20-12-15(21)13-23-17-9-4-5-10-18(17)24-14-16-8-6-7-11-22-16/h4-5,9-10,15-16,20-21H,6-8,11-14H2,1-3H3. The molecule has 1 aliphatic rings. The highest BCUT2D eigenvalue weighted by Gasteiger charge is 2.16. The summed E-state index contributed by atoms with van der Waals surface area (Å²) in [7, 11) is 0. The Balaban J connectivity index is 1.79. The van der Waals surface area contributed by atoms with E-state index in [4.69, 9.17) is 14.2 Å². The third-order valence-corrected chi connectivity index (χ3v) is 3.85. The van der Waals surface area contributed by atoms with Gasteiger partial charge in [0.25, 0.3) is 0 Å². The summed E-state index contributed by atoms with van der Waals surface area (Å²) in [6.45, 7) is 8.27. The van der Waals surface area contributed by atoms with E-state index in [-0.39, 0.29) is 18.2 Å². The average molecular weight is 337 g/mol. The molecule has 5 nitrogen and oxygen atoms in total. The van der Waals surface area contributed by atoms with Crippen LogP contribution in [0.15, 0.2) is 24.3 Å². The van der Waals surface area contributed by atoms with Gasteiger partial charge in [0.05, 0.1) is 6.10 Å². The van der Waals surface area contributed by atoms with Crippen molar-refractivity contribution < 1.29 is 19.3 Å². The molecule has 2 atom stereocenters. The van der Waals surface area contributed by atoms with Crippen molar-refractivity contribution in [2.45, 2.75) is 57.8 Å². The lowest BCUT2D eigenvalue weighted by Crippen LogP contribution is -2.42. The molecule has 1 saturated heterocycles. The minimum absolute atomic E-state index is 0.0258. The van der Waals surface area contributed by atoms with Crippen molar-refractivity contribution in [3.8, 4) is 11.5 Å². The van der Waals surface area contributed by atoms with E-state index in [0.717, 1.165) is 19.4 Å². The summed E-state index contributed by atoms with van der Waals surface area (Å²) in [6, 6.07) is 7.57. The van der Waals surface area contributed by atoms with E-state index in [1.807, 2.05) is 24.3 Å². The van der Waals surface area contributed by atoms with Crippen molar-refractivity contribution in [2.24, 2.45) is 0 Å². The molecule has 0 radical (unpaired) electrons. The van der Waals surface area contributed by atoms with Crippen LogP contribution >= 0.6 is 0 Å². The molecular weight excluding hydrogens is 306 g/mol. The number of nitrogens with one attached hydrogen (secondary N) is 1. The molecule has 0 bridgehead atoms. The van der Waals surface area contributed by atoms with Crippen LogP contribution in [0.2, 0.25) is 0 Å². The van der Waals surface area contributed by atoms with E-state index < -0.39 is 6.10 Å². The summed E-state index contributed by atoms with van der Waals surface area (Å²) < 4.78 is 17.3. The van der Waals surface area contributed by atoms with Crippen LogP contribution in [0.1, 0.15) is 40.0 Å². The summed E-state index contributed by atoms with van der Waals surface area (Å²) in [4.78, 5) is 0. The number of hydrogen-bond acceptors (Lipinski definition) is 5. The molecule has 1 aromatic carbocycles. The molecule has 0 aromatic heterocycles. The second-order valence-corrected chi connectivity index (χ2v) is 7.34. The van der Waals surface area contributed by atoms with Gasteiger partial charge in [0, 0.05) is 18.7 Å². The fourth-order valence-electron chi connectivity index (χ4n) is 2.48. The summed E-state index contributed by atoms with van der Waals surface area (Å²) in [5.41, 5.74) is -0.0258. The predicted molar refractivity (Wildman–Crippen MR) is 94.8 cm³/mol. The highest BCUT2D eigenvalue weighted by Crippen LogP contribution is 2.27. The quantitative estimate of drug-likeness (QED) is 0.764. The molecule has 5 heteroatoms. The van der Waals surface area contributed by atoms with Gasteiger partial charge in [-0.25, -0.2) is 0 Å². The van der Waals surface area contributed by atoms with Gasteiger partial charge in [-0.1, -0.05) is 12.1 Å². The third kappa shape index (κ3) is 7.07. The first-order valence-electron chi connectivity index (χ1n) is 8.83. The van der Waals surface area contributed by atoms with Gasteiger partial charge >= 0.3 is 0 Å². The number of aliphatic hydroxyl groups excluding tert-OH is 1. The first-order chi connectivity index (χ1) is 11.4. The number of benzene rings is 1. The maximum Gasteiger partial charge on any atom is 0.161 e. The Morgan fingerprint density at radius 2 is 1.92 bits per heavy atom. The largest absolute Gasteiger partial charge is 0.487 e. The van der Waals surface area contributed by atoms with Crippen LogP contribution in [0.4, 0.5) is 0 Å². The van der Waals surface area contributed by atoms with Crippen LogP contribution < -0.4 is 14.8 Å². The van der Waals surface area contributed by atoms with E-state index in [0.29, 0.717) is 24.7 Å². The monoisotopic (exact) mass is 337 g/mol. The third-order valence-electron chi connectivity index (χ3n) is 3.85. The number of hydrogen-bond donors (Lipinski definition) is 2. The maximum atomic E-state index is 10.1. The second kappa shape index (κ2) is 9.25. The van der Waals surface area contributed by atoms with Crippen molar-refractivity contribution >= 4 is 0 Å². The maximum absolute atomic E-state index is 10.1. The minimum Gasteiger partial charge on any atom is -0.487 e. The van der Waals surface area contributed by atoms with Gasteiger partial charge in [0.15, 0.2) is 11.5 Å². The highest BCUT2D eigenvalue weighted by atomic mass is 16.5. The summed E-state index contributed by atoms with van der Waals surface area (Å²) in [6.07, 6.45) is 2.96. The van der Waals surface area contributed by atoms with Crippen molar-refractivity contribution in [3.63, 3.8) is 0 Å². The Bertz CT molecular complexity index is 481. The number of β-amino-alcohol motifs (C(OH)–C–C–N with tert-alkyl or cyclic N) is 1. The Morgan fingerprint density at radius 3 is 2.54 bits per heavy atom. The predicted octanol–water partition coefficient (Wildman–Crippen LogP) is 2.76. The molecule has 1 fully saturated rings. The molecule has 0 saturated carbocycles.